The summed E-state index contributed by atoms with van der Waals surface area (Å²) in [6.45, 7) is 3.73. The first-order valence-electron chi connectivity index (χ1n) is 6.46. The SMILES string of the molecule is CC[C@H](C)[C@H](NCC(=O)Nc1ccccc1Br)C(=O)O. The molecule has 5 nitrogen and oxygen atoms in total. The Balaban J connectivity index is 2.54. The molecule has 1 aromatic carbocycles. The van der Waals surface area contributed by atoms with E-state index in [0.29, 0.717) is 5.69 Å². The molecule has 3 N–H and O–H groups in total. The van der Waals surface area contributed by atoms with E-state index < -0.39 is 12.0 Å². The van der Waals surface area contributed by atoms with Crippen molar-refractivity contribution in [3.05, 3.63) is 28.7 Å². The van der Waals surface area contributed by atoms with Gasteiger partial charge in [-0.15, -0.1) is 0 Å². The average Bonchev–Trinajstić information content (AvgIpc) is 2.41. The minimum Gasteiger partial charge on any atom is -0.480 e. The fraction of sp³-hybridized carbons (Fsp3) is 0.429. The zero-order valence-corrected chi connectivity index (χ0v) is 13.1. The van der Waals surface area contributed by atoms with Crippen LogP contribution in [-0.2, 0) is 9.59 Å². The van der Waals surface area contributed by atoms with Gasteiger partial charge in [0.25, 0.3) is 0 Å². The van der Waals surface area contributed by atoms with Crippen molar-refractivity contribution in [1.82, 2.24) is 5.32 Å². The van der Waals surface area contributed by atoms with E-state index in [-0.39, 0.29) is 18.4 Å². The van der Waals surface area contributed by atoms with E-state index in [2.05, 4.69) is 26.6 Å². The molecule has 20 heavy (non-hydrogen) atoms. The molecule has 1 aromatic rings. The molecule has 0 saturated heterocycles. The van der Waals surface area contributed by atoms with Crippen molar-refractivity contribution in [1.29, 1.82) is 0 Å². The molecule has 110 valence electrons. The van der Waals surface area contributed by atoms with Crippen LogP contribution in [-0.4, -0.2) is 29.6 Å². The standard InChI is InChI=1S/C14H19BrN2O3/c1-3-9(2)13(14(19)20)16-8-12(18)17-11-7-5-4-6-10(11)15/h4-7,9,13,16H,3,8H2,1-2H3,(H,17,18)(H,19,20)/t9-,13-/m0/s1. The molecule has 0 spiro atoms. The number of para-hydroxylation sites is 1. The Kier molecular flexibility index (Phi) is 6.67. The Morgan fingerprint density at radius 3 is 2.55 bits per heavy atom. The molecule has 2 atom stereocenters. The highest BCUT2D eigenvalue weighted by Crippen LogP contribution is 2.20. The van der Waals surface area contributed by atoms with Gasteiger partial charge in [0.05, 0.1) is 12.2 Å². The van der Waals surface area contributed by atoms with Crippen LogP contribution in [0.2, 0.25) is 0 Å². The number of hydrogen-bond donors (Lipinski definition) is 3. The zero-order chi connectivity index (χ0) is 15.1. The summed E-state index contributed by atoms with van der Waals surface area (Å²) in [6, 6.07) is 6.53. The van der Waals surface area contributed by atoms with Gasteiger partial charge in [0.1, 0.15) is 6.04 Å². The van der Waals surface area contributed by atoms with Crippen LogP contribution in [0.25, 0.3) is 0 Å². The van der Waals surface area contributed by atoms with Gasteiger partial charge in [-0.3, -0.25) is 14.9 Å². The Morgan fingerprint density at radius 2 is 2.00 bits per heavy atom. The lowest BCUT2D eigenvalue weighted by Crippen LogP contribution is -2.45. The fourth-order valence-corrected chi connectivity index (χ4v) is 2.11. The number of carbonyl (C=O) groups is 2. The molecule has 0 aromatic heterocycles. The predicted octanol–water partition coefficient (Wildman–Crippen LogP) is 2.48. The number of carbonyl (C=O) groups excluding carboxylic acids is 1. The molecule has 6 heteroatoms. The summed E-state index contributed by atoms with van der Waals surface area (Å²) >= 11 is 3.33. The summed E-state index contributed by atoms with van der Waals surface area (Å²) in [6.07, 6.45) is 0.732. The minimum atomic E-state index is -0.937. The number of aliphatic carboxylic acids is 1. The topological polar surface area (TPSA) is 78.4 Å². The van der Waals surface area contributed by atoms with Crippen molar-refractivity contribution in [3.8, 4) is 0 Å². The first kappa shape index (κ1) is 16.7. The molecule has 0 aliphatic rings. The molecule has 1 rings (SSSR count). The van der Waals surface area contributed by atoms with Crippen LogP contribution in [0.15, 0.2) is 28.7 Å². The number of amides is 1. The summed E-state index contributed by atoms with van der Waals surface area (Å²) in [7, 11) is 0. The highest BCUT2D eigenvalue weighted by Gasteiger charge is 2.23. The van der Waals surface area contributed by atoms with Crippen molar-refractivity contribution in [2.24, 2.45) is 5.92 Å². The van der Waals surface area contributed by atoms with E-state index in [9.17, 15) is 9.59 Å². The summed E-state index contributed by atoms with van der Waals surface area (Å²) in [5, 5.41) is 14.6. The van der Waals surface area contributed by atoms with E-state index >= 15 is 0 Å². The van der Waals surface area contributed by atoms with Crippen LogP contribution < -0.4 is 10.6 Å². The quantitative estimate of drug-likeness (QED) is 0.711. The van der Waals surface area contributed by atoms with Gasteiger partial charge in [-0.2, -0.15) is 0 Å². The molecule has 0 aliphatic carbocycles. The summed E-state index contributed by atoms with van der Waals surface area (Å²) in [4.78, 5) is 22.9. The van der Waals surface area contributed by atoms with Crippen LogP contribution in [0.3, 0.4) is 0 Å². The minimum absolute atomic E-state index is 0.0382. The summed E-state index contributed by atoms with van der Waals surface area (Å²) in [5.74, 6) is -1.25. The van der Waals surface area contributed by atoms with E-state index in [1.54, 1.807) is 6.07 Å². The number of hydrogen-bond acceptors (Lipinski definition) is 3. The first-order chi connectivity index (χ1) is 9.45. The molecule has 0 bridgehead atoms. The molecule has 0 aliphatic heterocycles. The summed E-state index contributed by atoms with van der Waals surface area (Å²) in [5.41, 5.74) is 0.662. The van der Waals surface area contributed by atoms with E-state index in [1.165, 1.54) is 0 Å². The highest BCUT2D eigenvalue weighted by molar-refractivity contribution is 9.10. The van der Waals surface area contributed by atoms with Crippen molar-refractivity contribution >= 4 is 33.5 Å². The molecular weight excluding hydrogens is 324 g/mol. The van der Waals surface area contributed by atoms with Gasteiger partial charge in [0.2, 0.25) is 5.91 Å². The van der Waals surface area contributed by atoms with Crippen LogP contribution >= 0.6 is 15.9 Å². The number of nitrogens with one attached hydrogen (secondary N) is 2. The maximum atomic E-state index is 11.8. The second-order valence-electron chi connectivity index (χ2n) is 4.61. The number of benzene rings is 1. The number of halogens is 1. The smallest absolute Gasteiger partial charge is 0.320 e. The zero-order valence-electron chi connectivity index (χ0n) is 11.5. The lowest BCUT2D eigenvalue weighted by molar-refractivity contribution is -0.140. The maximum Gasteiger partial charge on any atom is 0.320 e. The van der Waals surface area contributed by atoms with Crippen molar-refractivity contribution in [3.63, 3.8) is 0 Å². The normalized spacial score (nSPS) is 13.6. The Morgan fingerprint density at radius 1 is 1.35 bits per heavy atom. The van der Waals surface area contributed by atoms with Gasteiger partial charge in [-0.1, -0.05) is 32.4 Å². The van der Waals surface area contributed by atoms with E-state index in [4.69, 9.17) is 5.11 Å². The molecular formula is C14H19BrN2O3. The third-order valence-corrected chi connectivity index (χ3v) is 3.80. The Labute approximate surface area is 126 Å². The average molecular weight is 343 g/mol. The third-order valence-electron chi connectivity index (χ3n) is 3.11. The van der Waals surface area contributed by atoms with Crippen LogP contribution in [0.1, 0.15) is 20.3 Å². The fourth-order valence-electron chi connectivity index (χ4n) is 1.73. The van der Waals surface area contributed by atoms with Crippen LogP contribution in [0, 0.1) is 5.92 Å². The van der Waals surface area contributed by atoms with Crippen molar-refractivity contribution < 1.29 is 14.7 Å². The maximum absolute atomic E-state index is 11.8. The molecule has 0 heterocycles. The number of anilines is 1. The van der Waals surface area contributed by atoms with Crippen molar-refractivity contribution in [2.45, 2.75) is 26.3 Å². The molecule has 0 unspecified atom stereocenters. The molecule has 1 amide bonds. The van der Waals surface area contributed by atoms with Gasteiger partial charge in [-0.05, 0) is 34.0 Å². The summed E-state index contributed by atoms with van der Waals surface area (Å²) < 4.78 is 0.782. The van der Waals surface area contributed by atoms with Gasteiger partial charge in [-0.25, -0.2) is 0 Å². The van der Waals surface area contributed by atoms with Gasteiger partial charge in [0, 0.05) is 4.47 Å². The predicted molar refractivity (Wildman–Crippen MR) is 81.7 cm³/mol. The highest BCUT2D eigenvalue weighted by atomic mass is 79.9. The van der Waals surface area contributed by atoms with Gasteiger partial charge < -0.3 is 10.4 Å². The first-order valence-corrected chi connectivity index (χ1v) is 7.25. The van der Waals surface area contributed by atoms with Crippen LogP contribution in [0.4, 0.5) is 5.69 Å². The molecule has 0 radical (unpaired) electrons. The largest absolute Gasteiger partial charge is 0.480 e. The third kappa shape index (κ3) is 4.94. The Hall–Kier alpha value is -1.40. The van der Waals surface area contributed by atoms with E-state index in [0.717, 1.165) is 10.9 Å². The van der Waals surface area contributed by atoms with Gasteiger partial charge in [0.15, 0.2) is 0 Å². The lowest BCUT2D eigenvalue weighted by atomic mass is 9.99. The van der Waals surface area contributed by atoms with Gasteiger partial charge >= 0.3 is 5.97 Å². The molecule has 0 saturated carbocycles. The monoisotopic (exact) mass is 342 g/mol. The second-order valence-corrected chi connectivity index (χ2v) is 5.46. The molecule has 0 fully saturated rings. The Bertz CT molecular complexity index is 479. The van der Waals surface area contributed by atoms with E-state index in [1.807, 2.05) is 32.0 Å². The number of carboxylic acids is 1. The number of carboxylic acid groups (broad SMARTS) is 1. The van der Waals surface area contributed by atoms with Crippen molar-refractivity contribution in [2.75, 3.05) is 11.9 Å². The van der Waals surface area contributed by atoms with Crippen LogP contribution in [0.5, 0.6) is 0 Å². The number of rotatable bonds is 7. The lowest BCUT2D eigenvalue weighted by Gasteiger charge is -2.19. The second kappa shape index (κ2) is 8.01.